The molecule has 0 saturated heterocycles. The SMILES string of the molecule is CCOc1ncccc1-c1ncc2c(n1)C(=O)N=N2. The smallest absolute Gasteiger partial charge is 0.316 e. The van der Waals surface area contributed by atoms with Crippen LogP contribution >= 0.6 is 0 Å². The van der Waals surface area contributed by atoms with Crippen molar-refractivity contribution in [3.8, 4) is 17.3 Å². The van der Waals surface area contributed by atoms with Gasteiger partial charge in [0, 0.05) is 6.20 Å². The Morgan fingerprint density at radius 1 is 1.26 bits per heavy atom. The monoisotopic (exact) mass is 255 g/mol. The van der Waals surface area contributed by atoms with Crippen molar-refractivity contribution in [2.75, 3.05) is 6.61 Å². The molecule has 2 aromatic rings. The van der Waals surface area contributed by atoms with Gasteiger partial charge in [-0.05, 0) is 19.1 Å². The first-order valence-corrected chi connectivity index (χ1v) is 5.71. The number of amides is 1. The van der Waals surface area contributed by atoms with Gasteiger partial charge in [0.2, 0.25) is 5.88 Å². The Kier molecular flexibility index (Phi) is 2.71. The Bertz CT molecular complexity index is 684. The number of carbonyl (C=O) groups excluding carboxylic acids is 1. The third-order valence-corrected chi connectivity index (χ3v) is 2.51. The van der Waals surface area contributed by atoms with Crippen molar-refractivity contribution in [3.05, 3.63) is 30.2 Å². The number of carbonyl (C=O) groups is 1. The molecule has 3 heterocycles. The Morgan fingerprint density at radius 3 is 3.00 bits per heavy atom. The van der Waals surface area contributed by atoms with Crippen LogP contribution in [0.3, 0.4) is 0 Å². The van der Waals surface area contributed by atoms with Crippen LogP contribution in [0.1, 0.15) is 17.4 Å². The highest BCUT2D eigenvalue weighted by molar-refractivity contribution is 6.00. The molecule has 7 nitrogen and oxygen atoms in total. The van der Waals surface area contributed by atoms with Crippen LogP contribution in [0.4, 0.5) is 5.69 Å². The van der Waals surface area contributed by atoms with Crippen molar-refractivity contribution >= 4 is 11.6 Å². The highest BCUT2D eigenvalue weighted by Gasteiger charge is 2.21. The maximum atomic E-state index is 11.5. The molecule has 7 heteroatoms. The predicted molar refractivity (Wildman–Crippen MR) is 65.3 cm³/mol. The topological polar surface area (TPSA) is 89.7 Å². The molecule has 94 valence electrons. The van der Waals surface area contributed by atoms with Gasteiger partial charge in [-0.3, -0.25) is 4.79 Å². The van der Waals surface area contributed by atoms with Crippen molar-refractivity contribution < 1.29 is 9.53 Å². The summed E-state index contributed by atoms with van der Waals surface area (Å²) in [6.07, 6.45) is 3.09. The van der Waals surface area contributed by atoms with Crippen molar-refractivity contribution in [2.24, 2.45) is 10.2 Å². The summed E-state index contributed by atoms with van der Waals surface area (Å²) < 4.78 is 5.41. The Hall–Kier alpha value is -2.70. The van der Waals surface area contributed by atoms with E-state index in [2.05, 4.69) is 25.2 Å². The predicted octanol–water partition coefficient (Wildman–Crippen LogP) is 2.17. The normalized spacial score (nSPS) is 12.6. The van der Waals surface area contributed by atoms with E-state index in [1.165, 1.54) is 6.20 Å². The van der Waals surface area contributed by atoms with E-state index in [9.17, 15) is 4.79 Å². The van der Waals surface area contributed by atoms with Gasteiger partial charge in [0.25, 0.3) is 0 Å². The number of pyridine rings is 1. The summed E-state index contributed by atoms with van der Waals surface area (Å²) in [6.45, 7) is 2.35. The minimum Gasteiger partial charge on any atom is -0.477 e. The highest BCUT2D eigenvalue weighted by atomic mass is 16.5. The van der Waals surface area contributed by atoms with Crippen LogP contribution in [0.2, 0.25) is 0 Å². The average molecular weight is 255 g/mol. The lowest BCUT2D eigenvalue weighted by Gasteiger charge is -2.07. The zero-order chi connectivity index (χ0) is 13.2. The number of hydrogen-bond acceptors (Lipinski definition) is 6. The zero-order valence-corrected chi connectivity index (χ0v) is 10.1. The standard InChI is InChI=1S/C12H9N5O2/c1-2-19-12-7(4-3-5-13-12)10-14-6-8-9(15-10)11(18)17-16-8/h3-6H,2H2,1H3. The first-order valence-electron chi connectivity index (χ1n) is 5.71. The number of aromatic nitrogens is 3. The molecule has 0 radical (unpaired) electrons. The number of azo groups is 1. The number of fused-ring (bicyclic) bond motifs is 1. The van der Waals surface area contributed by atoms with Crippen LogP contribution in [0.25, 0.3) is 11.4 Å². The Balaban J connectivity index is 2.09. The van der Waals surface area contributed by atoms with Crippen LogP contribution in [-0.2, 0) is 0 Å². The maximum absolute atomic E-state index is 11.5. The fraction of sp³-hybridized carbons (Fsp3) is 0.167. The van der Waals surface area contributed by atoms with Gasteiger partial charge in [-0.25, -0.2) is 15.0 Å². The summed E-state index contributed by atoms with van der Waals surface area (Å²) in [4.78, 5) is 23.9. The Morgan fingerprint density at radius 2 is 2.16 bits per heavy atom. The molecule has 0 aliphatic carbocycles. The lowest BCUT2D eigenvalue weighted by molar-refractivity contribution is 0.0998. The third-order valence-electron chi connectivity index (χ3n) is 2.51. The molecule has 1 aliphatic rings. The molecule has 0 spiro atoms. The highest BCUT2D eigenvalue weighted by Crippen LogP contribution is 2.29. The molecule has 2 aromatic heterocycles. The summed E-state index contributed by atoms with van der Waals surface area (Å²) >= 11 is 0. The number of hydrogen-bond donors (Lipinski definition) is 0. The lowest BCUT2D eigenvalue weighted by atomic mass is 10.2. The van der Waals surface area contributed by atoms with Crippen molar-refractivity contribution in [1.29, 1.82) is 0 Å². The van der Waals surface area contributed by atoms with Gasteiger partial charge in [-0.2, -0.15) is 0 Å². The second-order valence-electron chi connectivity index (χ2n) is 3.72. The fourth-order valence-electron chi connectivity index (χ4n) is 1.70. The minimum atomic E-state index is -0.458. The van der Waals surface area contributed by atoms with Crippen LogP contribution in [-0.4, -0.2) is 27.5 Å². The molecular weight excluding hydrogens is 246 g/mol. The molecule has 0 saturated carbocycles. The third kappa shape index (κ3) is 1.95. The van der Waals surface area contributed by atoms with Gasteiger partial charge in [0.1, 0.15) is 5.69 Å². The van der Waals surface area contributed by atoms with Crippen LogP contribution in [0, 0.1) is 0 Å². The first kappa shape index (κ1) is 11.4. The van der Waals surface area contributed by atoms with Gasteiger partial charge < -0.3 is 4.74 Å². The minimum absolute atomic E-state index is 0.205. The first-order chi connectivity index (χ1) is 9.29. The van der Waals surface area contributed by atoms with Crippen molar-refractivity contribution in [3.63, 3.8) is 0 Å². The quantitative estimate of drug-likeness (QED) is 0.838. The summed E-state index contributed by atoms with van der Waals surface area (Å²) in [5.41, 5.74) is 1.22. The van der Waals surface area contributed by atoms with E-state index in [4.69, 9.17) is 4.74 Å². The molecule has 19 heavy (non-hydrogen) atoms. The van der Waals surface area contributed by atoms with E-state index in [0.717, 1.165) is 0 Å². The summed E-state index contributed by atoms with van der Waals surface area (Å²) in [5.74, 6) is 0.348. The summed E-state index contributed by atoms with van der Waals surface area (Å²) in [6, 6.07) is 3.54. The molecule has 0 unspecified atom stereocenters. The summed E-state index contributed by atoms with van der Waals surface area (Å²) in [7, 11) is 0. The van der Waals surface area contributed by atoms with E-state index < -0.39 is 5.91 Å². The van der Waals surface area contributed by atoms with E-state index in [-0.39, 0.29) is 5.69 Å². The van der Waals surface area contributed by atoms with Gasteiger partial charge in [0.15, 0.2) is 11.5 Å². The van der Waals surface area contributed by atoms with Gasteiger partial charge in [0.05, 0.1) is 18.4 Å². The number of nitrogens with zero attached hydrogens (tertiary/aromatic N) is 5. The lowest BCUT2D eigenvalue weighted by Crippen LogP contribution is -2.01. The molecule has 0 N–H and O–H groups in total. The van der Waals surface area contributed by atoms with E-state index in [1.54, 1.807) is 18.3 Å². The molecule has 1 amide bonds. The molecule has 0 aromatic carbocycles. The summed E-state index contributed by atoms with van der Waals surface area (Å²) in [5, 5.41) is 7.11. The van der Waals surface area contributed by atoms with E-state index in [0.29, 0.717) is 29.6 Å². The van der Waals surface area contributed by atoms with Crippen molar-refractivity contribution in [2.45, 2.75) is 6.92 Å². The molecular formula is C12H9N5O2. The number of rotatable bonds is 3. The molecule has 0 atom stereocenters. The van der Waals surface area contributed by atoms with E-state index >= 15 is 0 Å². The average Bonchev–Trinajstić information content (AvgIpc) is 2.81. The van der Waals surface area contributed by atoms with E-state index in [1.807, 2.05) is 6.92 Å². The maximum Gasteiger partial charge on any atom is 0.316 e. The Labute approximate surface area is 108 Å². The largest absolute Gasteiger partial charge is 0.477 e. The van der Waals surface area contributed by atoms with Gasteiger partial charge in [-0.15, -0.1) is 10.2 Å². The van der Waals surface area contributed by atoms with Crippen LogP contribution in [0.15, 0.2) is 34.8 Å². The molecule has 0 fully saturated rings. The van der Waals surface area contributed by atoms with Crippen LogP contribution < -0.4 is 4.74 Å². The molecule has 1 aliphatic heterocycles. The number of ether oxygens (including phenoxy) is 1. The second-order valence-corrected chi connectivity index (χ2v) is 3.72. The second kappa shape index (κ2) is 4.52. The molecule has 0 bridgehead atoms. The van der Waals surface area contributed by atoms with Crippen molar-refractivity contribution in [1.82, 2.24) is 15.0 Å². The zero-order valence-electron chi connectivity index (χ0n) is 10.1. The van der Waals surface area contributed by atoms with Gasteiger partial charge in [-0.1, -0.05) is 0 Å². The fourth-order valence-corrected chi connectivity index (χ4v) is 1.70. The van der Waals surface area contributed by atoms with Crippen LogP contribution in [0.5, 0.6) is 5.88 Å². The van der Waals surface area contributed by atoms with Gasteiger partial charge >= 0.3 is 5.91 Å². The molecule has 3 rings (SSSR count).